The summed E-state index contributed by atoms with van der Waals surface area (Å²) in [5, 5.41) is 12.2. The van der Waals surface area contributed by atoms with Crippen molar-refractivity contribution < 1.29 is 23.1 Å². The van der Waals surface area contributed by atoms with Gasteiger partial charge < -0.3 is 15.3 Å². The number of anilines is 1. The summed E-state index contributed by atoms with van der Waals surface area (Å²) in [7, 11) is -0.538. The van der Waals surface area contributed by atoms with Gasteiger partial charge in [0.1, 0.15) is 5.75 Å². The van der Waals surface area contributed by atoms with Crippen molar-refractivity contribution in [2.75, 3.05) is 32.5 Å². The first kappa shape index (κ1) is 23.5. The predicted octanol–water partition coefficient (Wildman–Crippen LogP) is 2.53. The number of nitrogens with zero attached hydrogens (tertiary/aromatic N) is 2. The SMILES string of the molecule is CN(C)S(=O)(=O)c1ccc(/C=C/C(=O)N2CCC(C(=O)Nc3ccc(O)cc3)CC2)cc1. The second-order valence-corrected chi connectivity index (χ2v) is 9.98. The van der Waals surface area contributed by atoms with Crippen molar-refractivity contribution in [3.63, 3.8) is 0 Å². The van der Waals surface area contributed by atoms with Gasteiger partial charge in [0.15, 0.2) is 0 Å². The molecule has 0 spiro atoms. The Morgan fingerprint density at radius 2 is 1.62 bits per heavy atom. The normalized spacial score (nSPS) is 15.3. The molecule has 32 heavy (non-hydrogen) atoms. The molecule has 2 aromatic rings. The molecule has 2 aromatic carbocycles. The Morgan fingerprint density at radius 1 is 1.03 bits per heavy atom. The van der Waals surface area contributed by atoms with Gasteiger partial charge >= 0.3 is 0 Å². The number of amides is 2. The second-order valence-electron chi connectivity index (χ2n) is 7.83. The Balaban J connectivity index is 1.51. The van der Waals surface area contributed by atoms with Crippen LogP contribution < -0.4 is 5.32 Å². The third-order valence-electron chi connectivity index (χ3n) is 5.39. The zero-order chi connectivity index (χ0) is 23.3. The van der Waals surface area contributed by atoms with Gasteiger partial charge in [-0.05, 0) is 60.9 Å². The summed E-state index contributed by atoms with van der Waals surface area (Å²) in [6.45, 7) is 0.966. The van der Waals surface area contributed by atoms with Crippen molar-refractivity contribution in [2.24, 2.45) is 5.92 Å². The first-order chi connectivity index (χ1) is 15.2. The van der Waals surface area contributed by atoms with E-state index in [4.69, 9.17) is 0 Å². The summed E-state index contributed by atoms with van der Waals surface area (Å²) < 4.78 is 25.4. The summed E-state index contributed by atoms with van der Waals surface area (Å²) >= 11 is 0. The number of likely N-dealkylation sites (tertiary alicyclic amines) is 1. The van der Waals surface area contributed by atoms with Crippen LogP contribution in [0, 0.1) is 5.92 Å². The van der Waals surface area contributed by atoms with Gasteiger partial charge in [-0.1, -0.05) is 12.1 Å². The highest BCUT2D eigenvalue weighted by molar-refractivity contribution is 7.89. The fourth-order valence-electron chi connectivity index (χ4n) is 3.39. The molecule has 1 aliphatic heterocycles. The molecule has 0 atom stereocenters. The molecule has 0 radical (unpaired) electrons. The zero-order valence-electron chi connectivity index (χ0n) is 18.1. The molecule has 1 saturated heterocycles. The summed E-state index contributed by atoms with van der Waals surface area (Å²) in [5.41, 5.74) is 1.35. The number of carbonyl (C=O) groups excluding carboxylic acids is 2. The van der Waals surface area contributed by atoms with E-state index in [0.29, 0.717) is 31.6 Å². The molecule has 3 rings (SSSR count). The van der Waals surface area contributed by atoms with E-state index >= 15 is 0 Å². The average Bonchev–Trinajstić information content (AvgIpc) is 2.79. The highest BCUT2D eigenvalue weighted by Crippen LogP contribution is 2.21. The van der Waals surface area contributed by atoms with Crippen LogP contribution in [-0.4, -0.2) is 61.7 Å². The molecule has 0 aromatic heterocycles. The van der Waals surface area contributed by atoms with E-state index in [2.05, 4.69) is 5.32 Å². The molecule has 1 fully saturated rings. The zero-order valence-corrected chi connectivity index (χ0v) is 18.9. The van der Waals surface area contributed by atoms with Crippen LogP contribution in [0.5, 0.6) is 5.75 Å². The van der Waals surface area contributed by atoms with Gasteiger partial charge in [0.05, 0.1) is 4.90 Å². The minimum Gasteiger partial charge on any atom is -0.508 e. The number of phenolic OH excluding ortho intramolecular Hbond substituents is 1. The summed E-state index contributed by atoms with van der Waals surface area (Å²) in [4.78, 5) is 26.8. The third-order valence-corrected chi connectivity index (χ3v) is 7.22. The summed E-state index contributed by atoms with van der Waals surface area (Å²) in [6.07, 6.45) is 4.26. The van der Waals surface area contributed by atoms with Crippen LogP contribution in [0.2, 0.25) is 0 Å². The number of hydrogen-bond donors (Lipinski definition) is 2. The molecule has 0 aliphatic carbocycles. The Labute approximate surface area is 188 Å². The van der Waals surface area contributed by atoms with Crippen molar-refractivity contribution >= 4 is 33.6 Å². The average molecular weight is 458 g/mol. The Morgan fingerprint density at radius 3 is 2.19 bits per heavy atom. The van der Waals surface area contributed by atoms with E-state index in [1.165, 1.54) is 44.4 Å². The standard InChI is InChI=1S/C23H27N3O5S/c1-25(2)32(30,31)21-10-3-17(4-11-21)5-12-22(28)26-15-13-18(14-16-26)23(29)24-19-6-8-20(27)9-7-19/h3-12,18,27H,13-16H2,1-2H3,(H,24,29)/b12-5+. The van der Waals surface area contributed by atoms with Crippen molar-refractivity contribution in [3.8, 4) is 5.75 Å². The summed E-state index contributed by atoms with van der Waals surface area (Å²) in [5.74, 6) is -0.279. The van der Waals surface area contributed by atoms with E-state index in [1.54, 1.807) is 35.2 Å². The fourth-order valence-corrected chi connectivity index (χ4v) is 4.29. The number of phenols is 1. The van der Waals surface area contributed by atoms with Gasteiger partial charge in [-0.2, -0.15) is 0 Å². The molecule has 0 bridgehead atoms. The number of sulfonamides is 1. The van der Waals surface area contributed by atoms with Crippen molar-refractivity contribution in [3.05, 3.63) is 60.2 Å². The van der Waals surface area contributed by atoms with Crippen LogP contribution in [-0.2, 0) is 19.6 Å². The smallest absolute Gasteiger partial charge is 0.246 e. The lowest BCUT2D eigenvalue weighted by Crippen LogP contribution is -2.40. The van der Waals surface area contributed by atoms with Crippen LogP contribution in [0.15, 0.2) is 59.5 Å². The van der Waals surface area contributed by atoms with Gasteiger partial charge in [0.2, 0.25) is 21.8 Å². The number of benzene rings is 2. The van der Waals surface area contributed by atoms with Crippen LogP contribution in [0.25, 0.3) is 6.08 Å². The van der Waals surface area contributed by atoms with Crippen molar-refractivity contribution in [1.82, 2.24) is 9.21 Å². The molecule has 1 heterocycles. The maximum Gasteiger partial charge on any atom is 0.246 e. The Bertz CT molecular complexity index is 1090. The van der Waals surface area contributed by atoms with Gasteiger partial charge in [0.25, 0.3) is 0 Å². The molecule has 170 valence electrons. The topological polar surface area (TPSA) is 107 Å². The number of aromatic hydroxyl groups is 1. The first-order valence-corrected chi connectivity index (χ1v) is 11.7. The van der Waals surface area contributed by atoms with Crippen molar-refractivity contribution in [1.29, 1.82) is 0 Å². The number of rotatable bonds is 6. The maximum absolute atomic E-state index is 12.5. The van der Waals surface area contributed by atoms with Crippen LogP contribution in [0.4, 0.5) is 5.69 Å². The Hall–Kier alpha value is -3.17. The fraction of sp³-hybridized carbons (Fsp3) is 0.304. The molecule has 2 amide bonds. The molecule has 0 saturated carbocycles. The quantitative estimate of drug-likeness (QED) is 0.512. The minimum atomic E-state index is -3.49. The van der Waals surface area contributed by atoms with Crippen LogP contribution in [0.1, 0.15) is 18.4 Å². The van der Waals surface area contributed by atoms with Crippen molar-refractivity contribution in [2.45, 2.75) is 17.7 Å². The second kappa shape index (κ2) is 9.97. The maximum atomic E-state index is 12.5. The minimum absolute atomic E-state index is 0.0916. The Kier molecular flexibility index (Phi) is 7.32. The highest BCUT2D eigenvalue weighted by atomic mass is 32.2. The third kappa shape index (κ3) is 5.74. The largest absolute Gasteiger partial charge is 0.508 e. The van der Waals surface area contributed by atoms with E-state index in [1.807, 2.05) is 0 Å². The van der Waals surface area contributed by atoms with Gasteiger partial charge in [-0.15, -0.1) is 0 Å². The van der Waals surface area contributed by atoms with Gasteiger partial charge in [0, 0.05) is 44.9 Å². The summed E-state index contributed by atoms with van der Waals surface area (Å²) in [6, 6.07) is 12.6. The molecule has 1 aliphatic rings. The van der Waals surface area contributed by atoms with E-state index in [9.17, 15) is 23.1 Å². The van der Waals surface area contributed by atoms with E-state index < -0.39 is 10.0 Å². The van der Waals surface area contributed by atoms with Gasteiger partial charge in [-0.3, -0.25) is 9.59 Å². The predicted molar refractivity (Wildman–Crippen MR) is 122 cm³/mol. The van der Waals surface area contributed by atoms with Crippen LogP contribution >= 0.6 is 0 Å². The number of nitrogens with one attached hydrogen (secondary N) is 1. The van der Waals surface area contributed by atoms with Crippen LogP contribution in [0.3, 0.4) is 0 Å². The lowest BCUT2D eigenvalue weighted by atomic mass is 9.95. The molecule has 0 unspecified atom stereocenters. The van der Waals surface area contributed by atoms with E-state index in [-0.39, 0.29) is 28.4 Å². The molecular formula is C23H27N3O5S. The number of piperidine rings is 1. The monoisotopic (exact) mass is 457 g/mol. The number of carbonyl (C=O) groups is 2. The number of hydrogen-bond acceptors (Lipinski definition) is 5. The molecule has 9 heteroatoms. The molecule has 2 N–H and O–H groups in total. The lowest BCUT2D eigenvalue weighted by molar-refractivity contribution is -0.130. The van der Waals surface area contributed by atoms with Gasteiger partial charge in [-0.25, -0.2) is 12.7 Å². The first-order valence-electron chi connectivity index (χ1n) is 10.3. The lowest BCUT2D eigenvalue weighted by Gasteiger charge is -2.30. The van der Waals surface area contributed by atoms with E-state index in [0.717, 1.165) is 9.87 Å². The molecular weight excluding hydrogens is 430 g/mol. The highest BCUT2D eigenvalue weighted by Gasteiger charge is 2.26. The molecule has 8 nitrogen and oxygen atoms in total.